The van der Waals surface area contributed by atoms with Crippen LogP contribution in [-0.2, 0) is 11.3 Å². The van der Waals surface area contributed by atoms with E-state index >= 15 is 0 Å². The molecule has 6 nitrogen and oxygen atoms in total. The standard InChI is InChI=1S/C21H25FN4O2/c1-23-21(25(2)14-16-8-10-17(22)11-9-16)24-12-5-13-26-18-6-3-4-7-19(18)28-15-20(26)27/h3-4,6-11H,5,12-15H2,1-2H3,(H,23,24). The molecule has 2 aromatic carbocycles. The van der Waals surface area contributed by atoms with Crippen LogP contribution >= 0.6 is 0 Å². The molecule has 0 unspecified atom stereocenters. The average Bonchev–Trinajstić information content (AvgIpc) is 2.71. The maximum Gasteiger partial charge on any atom is 0.265 e. The molecule has 0 spiro atoms. The van der Waals surface area contributed by atoms with Crippen molar-refractivity contribution in [1.29, 1.82) is 0 Å². The Morgan fingerprint density at radius 3 is 2.75 bits per heavy atom. The van der Waals surface area contributed by atoms with Crippen molar-refractivity contribution < 1.29 is 13.9 Å². The molecule has 0 saturated heterocycles. The van der Waals surface area contributed by atoms with Crippen molar-refractivity contribution >= 4 is 17.6 Å². The predicted octanol–water partition coefficient (Wildman–Crippen LogP) is 2.65. The van der Waals surface area contributed by atoms with Crippen LogP contribution in [0, 0.1) is 5.82 Å². The molecule has 7 heteroatoms. The minimum absolute atomic E-state index is 0.0310. The van der Waals surface area contributed by atoms with E-state index in [2.05, 4.69) is 10.3 Å². The normalized spacial score (nSPS) is 13.8. The van der Waals surface area contributed by atoms with Crippen molar-refractivity contribution in [2.45, 2.75) is 13.0 Å². The van der Waals surface area contributed by atoms with Crippen LogP contribution in [0.4, 0.5) is 10.1 Å². The van der Waals surface area contributed by atoms with Gasteiger partial charge in [0.25, 0.3) is 5.91 Å². The second-order valence-corrected chi connectivity index (χ2v) is 6.61. The van der Waals surface area contributed by atoms with Gasteiger partial charge >= 0.3 is 0 Å². The molecule has 1 amide bonds. The first kappa shape index (κ1) is 19.7. The summed E-state index contributed by atoms with van der Waals surface area (Å²) in [6.45, 7) is 1.97. The molecule has 148 valence electrons. The summed E-state index contributed by atoms with van der Waals surface area (Å²) >= 11 is 0. The summed E-state index contributed by atoms with van der Waals surface area (Å²) in [5, 5.41) is 3.31. The first-order valence-electron chi connectivity index (χ1n) is 9.27. The number of aliphatic imine (C=N–C) groups is 1. The number of benzene rings is 2. The largest absolute Gasteiger partial charge is 0.482 e. The van der Waals surface area contributed by atoms with Gasteiger partial charge in [-0.3, -0.25) is 9.79 Å². The lowest BCUT2D eigenvalue weighted by molar-refractivity contribution is -0.121. The van der Waals surface area contributed by atoms with Crippen molar-refractivity contribution in [1.82, 2.24) is 10.2 Å². The topological polar surface area (TPSA) is 57.2 Å². The van der Waals surface area contributed by atoms with Crippen LogP contribution in [0.1, 0.15) is 12.0 Å². The molecular formula is C21H25FN4O2. The fourth-order valence-electron chi connectivity index (χ4n) is 3.16. The zero-order chi connectivity index (χ0) is 19.9. The van der Waals surface area contributed by atoms with Gasteiger partial charge in [0.2, 0.25) is 0 Å². The number of rotatable bonds is 6. The van der Waals surface area contributed by atoms with E-state index < -0.39 is 0 Å². The number of para-hydroxylation sites is 2. The van der Waals surface area contributed by atoms with Gasteiger partial charge in [-0.05, 0) is 36.2 Å². The summed E-state index contributed by atoms with van der Waals surface area (Å²) in [5.74, 6) is 1.22. The maximum absolute atomic E-state index is 13.0. The van der Waals surface area contributed by atoms with Gasteiger partial charge in [0.05, 0.1) is 5.69 Å². The smallest absolute Gasteiger partial charge is 0.265 e. The van der Waals surface area contributed by atoms with Gasteiger partial charge in [-0.1, -0.05) is 24.3 Å². The summed E-state index contributed by atoms with van der Waals surface area (Å²) in [6, 6.07) is 14.0. The highest BCUT2D eigenvalue weighted by Gasteiger charge is 2.24. The highest BCUT2D eigenvalue weighted by Crippen LogP contribution is 2.31. The fourth-order valence-corrected chi connectivity index (χ4v) is 3.16. The van der Waals surface area contributed by atoms with Crippen LogP contribution in [0.3, 0.4) is 0 Å². The molecule has 1 aliphatic heterocycles. The van der Waals surface area contributed by atoms with Crippen LogP contribution in [0.15, 0.2) is 53.5 Å². The highest BCUT2D eigenvalue weighted by atomic mass is 19.1. The number of guanidine groups is 1. The summed E-state index contributed by atoms with van der Waals surface area (Å²) in [7, 11) is 3.66. The third-order valence-corrected chi connectivity index (χ3v) is 4.56. The number of nitrogens with one attached hydrogen (secondary N) is 1. The van der Waals surface area contributed by atoms with Gasteiger partial charge in [0.15, 0.2) is 12.6 Å². The number of nitrogens with zero attached hydrogens (tertiary/aromatic N) is 3. The van der Waals surface area contributed by atoms with Crippen LogP contribution < -0.4 is 15.0 Å². The molecule has 0 bridgehead atoms. The van der Waals surface area contributed by atoms with E-state index in [-0.39, 0.29) is 18.3 Å². The number of amides is 1. The molecule has 2 aromatic rings. The minimum atomic E-state index is -0.242. The van der Waals surface area contributed by atoms with Gasteiger partial charge in [-0.25, -0.2) is 4.39 Å². The van der Waals surface area contributed by atoms with Gasteiger partial charge in [-0.2, -0.15) is 0 Å². The maximum atomic E-state index is 13.0. The molecule has 0 fully saturated rings. The second kappa shape index (κ2) is 9.21. The van der Waals surface area contributed by atoms with Gasteiger partial charge in [0.1, 0.15) is 11.6 Å². The van der Waals surface area contributed by atoms with E-state index in [1.807, 2.05) is 36.2 Å². The molecule has 0 aromatic heterocycles. The zero-order valence-corrected chi connectivity index (χ0v) is 16.2. The highest BCUT2D eigenvalue weighted by molar-refractivity contribution is 5.97. The first-order chi connectivity index (χ1) is 13.6. The quantitative estimate of drug-likeness (QED) is 0.473. The number of hydrogen-bond donors (Lipinski definition) is 1. The SMILES string of the molecule is CN=C(NCCCN1C(=O)COc2ccccc21)N(C)Cc1ccc(F)cc1. The lowest BCUT2D eigenvalue weighted by Crippen LogP contribution is -2.42. The molecule has 1 heterocycles. The van der Waals surface area contributed by atoms with Crippen molar-refractivity contribution in [3.05, 3.63) is 59.9 Å². The Morgan fingerprint density at radius 1 is 1.25 bits per heavy atom. The monoisotopic (exact) mass is 384 g/mol. The van der Waals surface area contributed by atoms with Crippen molar-refractivity contribution in [2.75, 3.05) is 38.7 Å². The summed E-state index contributed by atoms with van der Waals surface area (Å²) in [5.41, 5.74) is 1.82. The summed E-state index contributed by atoms with van der Waals surface area (Å²) < 4.78 is 18.5. The Balaban J connectivity index is 1.49. The van der Waals surface area contributed by atoms with Crippen molar-refractivity contribution in [2.24, 2.45) is 4.99 Å². The second-order valence-electron chi connectivity index (χ2n) is 6.61. The number of fused-ring (bicyclic) bond motifs is 1. The van der Waals surface area contributed by atoms with Crippen LogP contribution in [-0.4, -0.2) is 50.6 Å². The van der Waals surface area contributed by atoms with E-state index in [9.17, 15) is 9.18 Å². The molecule has 0 radical (unpaired) electrons. The Morgan fingerprint density at radius 2 is 2.00 bits per heavy atom. The van der Waals surface area contributed by atoms with Crippen molar-refractivity contribution in [3.8, 4) is 5.75 Å². The number of hydrogen-bond acceptors (Lipinski definition) is 3. The molecule has 1 N–H and O–H groups in total. The zero-order valence-electron chi connectivity index (χ0n) is 16.2. The summed E-state index contributed by atoms with van der Waals surface area (Å²) in [4.78, 5) is 20.2. The van der Waals surface area contributed by atoms with E-state index in [4.69, 9.17) is 4.74 Å². The van der Waals surface area contributed by atoms with Crippen molar-refractivity contribution in [3.63, 3.8) is 0 Å². The number of halogens is 1. The fraction of sp³-hybridized carbons (Fsp3) is 0.333. The Bertz CT molecular complexity index is 839. The lowest BCUT2D eigenvalue weighted by atomic mass is 10.2. The number of carbonyl (C=O) groups excluding carboxylic acids is 1. The molecule has 0 atom stereocenters. The van der Waals surface area contributed by atoms with E-state index in [0.29, 0.717) is 19.6 Å². The van der Waals surface area contributed by atoms with Gasteiger partial charge < -0.3 is 19.9 Å². The molecule has 3 rings (SSSR count). The summed E-state index contributed by atoms with van der Waals surface area (Å²) in [6.07, 6.45) is 0.767. The minimum Gasteiger partial charge on any atom is -0.482 e. The first-order valence-corrected chi connectivity index (χ1v) is 9.27. The molecular weight excluding hydrogens is 359 g/mol. The van der Waals surface area contributed by atoms with Crippen LogP contribution in [0.25, 0.3) is 0 Å². The van der Waals surface area contributed by atoms with Crippen LogP contribution in [0.5, 0.6) is 5.75 Å². The Labute approximate surface area is 164 Å². The molecule has 0 aliphatic carbocycles. The third kappa shape index (κ3) is 4.79. The number of carbonyl (C=O) groups is 1. The Hall–Kier alpha value is -3.09. The molecule has 28 heavy (non-hydrogen) atoms. The van der Waals surface area contributed by atoms with Gasteiger partial charge in [-0.15, -0.1) is 0 Å². The Kier molecular flexibility index (Phi) is 6.47. The van der Waals surface area contributed by atoms with Crippen LogP contribution in [0.2, 0.25) is 0 Å². The van der Waals surface area contributed by atoms with E-state index in [1.54, 1.807) is 24.1 Å². The third-order valence-electron chi connectivity index (χ3n) is 4.56. The van der Waals surface area contributed by atoms with Gasteiger partial charge in [0, 0.05) is 33.7 Å². The molecule has 0 saturated carbocycles. The number of anilines is 1. The van der Waals surface area contributed by atoms with E-state index in [0.717, 1.165) is 29.4 Å². The lowest BCUT2D eigenvalue weighted by Gasteiger charge is -2.29. The van der Waals surface area contributed by atoms with E-state index in [1.165, 1.54) is 12.1 Å². The predicted molar refractivity (Wildman–Crippen MR) is 108 cm³/mol. The number of ether oxygens (including phenoxy) is 1. The average molecular weight is 384 g/mol. The molecule has 1 aliphatic rings.